The zero-order valence-electron chi connectivity index (χ0n) is 10.1. The van der Waals surface area contributed by atoms with Crippen molar-refractivity contribution in [3.8, 4) is 6.07 Å². The van der Waals surface area contributed by atoms with Gasteiger partial charge < -0.3 is 5.32 Å². The van der Waals surface area contributed by atoms with E-state index < -0.39 is 0 Å². The van der Waals surface area contributed by atoms with Crippen LogP contribution in [-0.4, -0.2) is 17.4 Å². The molecule has 1 rings (SSSR count). The zero-order chi connectivity index (χ0) is 12.5. The van der Waals surface area contributed by atoms with Gasteiger partial charge in [0.25, 0.3) is 5.91 Å². The molecule has 1 amide bonds. The number of carbonyl (C=O) groups is 1. The molecule has 0 fully saturated rings. The van der Waals surface area contributed by atoms with Crippen LogP contribution in [0.3, 0.4) is 0 Å². The number of rotatable bonds is 6. The number of unbranched alkanes of at least 4 members (excludes halogenated alkanes) is 3. The van der Waals surface area contributed by atoms with E-state index in [9.17, 15) is 4.79 Å². The van der Waals surface area contributed by atoms with Gasteiger partial charge in [-0.3, -0.25) is 4.79 Å². The highest BCUT2D eigenvalue weighted by molar-refractivity contribution is 5.92. The number of hydrogen-bond acceptors (Lipinski definition) is 3. The van der Waals surface area contributed by atoms with Crippen molar-refractivity contribution >= 4 is 5.91 Å². The van der Waals surface area contributed by atoms with Gasteiger partial charge in [0.05, 0.1) is 5.56 Å². The first-order chi connectivity index (χ1) is 8.27. The number of hydrogen-bond donors (Lipinski definition) is 1. The summed E-state index contributed by atoms with van der Waals surface area (Å²) in [6, 6.07) is 5.13. The predicted octanol–water partition coefficient (Wildman–Crippen LogP) is 2.26. The molecular weight excluding hydrogens is 214 g/mol. The van der Waals surface area contributed by atoms with Gasteiger partial charge in [-0.15, -0.1) is 0 Å². The Kier molecular flexibility index (Phi) is 5.73. The van der Waals surface area contributed by atoms with Gasteiger partial charge in [0, 0.05) is 12.7 Å². The van der Waals surface area contributed by atoms with Gasteiger partial charge in [-0.2, -0.15) is 5.26 Å². The summed E-state index contributed by atoms with van der Waals surface area (Å²) in [7, 11) is 0. The summed E-state index contributed by atoms with van der Waals surface area (Å²) < 4.78 is 0. The van der Waals surface area contributed by atoms with Crippen LogP contribution in [0, 0.1) is 11.3 Å². The summed E-state index contributed by atoms with van der Waals surface area (Å²) in [6.07, 6.45) is 5.93. The fourth-order valence-corrected chi connectivity index (χ4v) is 1.44. The second-order valence-corrected chi connectivity index (χ2v) is 3.86. The molecule has 17 heavy (non-hydrogen) atoms. The number of pyridine rings is 1. The maximum atomic E-state index is 11.6. The molecule has 0 bridgehead atoms. The summed E-state index contributed by atoms with van der Waals surface area (Å²) in [5.74, 6) is -0.175. The lowest BCUT2D eigenvalue weighted by Gasteiger charge is -2.04. The van der Waals surface area contributed by atoms with Gasteiger partial charge >= 0.3 is 0 Å². The molecule has 1 heterocycles. The Hall–Kier alpha value is -1.89. The molecule has 1 aromatic heterocycles. The predicted molar refractivity (Wildman–Crippen MR) is 65.4 cm³/mol. The van der Waals surface area contributed by atoms with Crippen molar-refractivity contribution in [2.24, 2.45) is 0 Å². The first-order valence-corrected chi connectivity index (χ1v) is 5.92. The fraction of sp³-hybridized carbons (Fsp3) is 0.462. The van der Waals surface area contributed by atoms with E-state index in [4.69, 9.17) is 5.26 Å². The molecule has 4 heteroatoms. The normalized spacial score (nSPS) is 9.65. The highest BCUT2D eigenvalue weighted by Crippen LogP contribution is 2.00. The fourth-order valence-electron chi connectivity index (χ4n) is 1.44. The van der Waals surface area contributed by atoms with Crippen molar-refractivity contribution in [3.05, 3.63) is 29.6 Å². The van der Waals surface area contributed by atoms with Crippen LogP contribution in [-0.2, 0) is 0 Å². The van der Waals surface area contributed by atoms with E-state index >= 15 is 0 Å². The quantitative estimate of drug-likeness (QED) is 0.764. The molecule has 4 nitrogen and oxygen atoms in total. The number of nitrogens with one attached hydrogen (secondary N) is 1. The molecule has 0 saturated heterocycles. The van der Waals surface area contributed by atoms with Crippen molar-refractivity contribution in [2.75, 3.05) is 6.54 Å². The first-order valence-electron chi connectivity index (χ1n) is 5.92. The molecule has 1 aromatic rings. The van der Waals surface area contributed by atoms with Crippen LogP contribution in [0.1, 0.15) is 48.7 Å². The molecule has 0 aromatic carbocycles. The Morgan fingerprint density at radius 3 is 2.82 bits per heavy atom. The SMILES string of the molecule is CCCCCCNC(=O)c1ccc(C#N)cn1. The topological polar surface area (TPSA) is 65.8 Å². The molecule has 0 atom stereocenters. The van der Waals surface area contributed by atoms with E-state index in [0.29, 0.717) is 17.8 Å². The number of amides is 1. The maximum absolute atomic E-state index is 11.6. The van der Waals surface area contributed by atoms with Crippen molar-refractivity contribution in [2.45, 2.75) is 32.6 Å². The summed E-state index contributed by atoms with van der Waals surface area (Å²) >= 11 is 0. The number of carbonyl (C=O) groups excluding carboxylic acids is 1. The third kappa shape index (κ3) is 4.64. The van der Waals surface area contributed by atoms with E-state index in [1.165, 1.54) is 19.0 Å². The van der Waals surface area contributed by atoms with Crippen LogP contribution in [0.5, 0.6) is 0 Å². The van der Waals surface area contributed by atoms with Gasteiger partial charge in [0.1, 0.15) is 11.8 Å². The second kappa shape index (κ2) is 7.39. The van der Waals surface area contributed by atoms with E-state index in [0.717, 1.165) is 12.8 Å². The maximum Gasteiger partial charge on any atom is 0.269 e. The highest BCUT2D eigenvalue weighted by Gasteiger charge is 2.05. The summed E-state index contributed by atoms with van der Waals surface area (Å²) in [5.41, 5.74) is 0.823. The molecular formula is C13H17N3O. The smallest absolute Gasteiger partial charge is 0.269 e. The van der Waals surface area contributed by atoms with E-state index in [1.54, 1.807) is 12.1 Å². The first kappa shape index (κ1) is 13.2. The third-order valence-electron chi connectivity index (χ3n) is 2.44. The molecule has 0 saturated carbocycles. The molecule has 1 N–H and O–H groups in total. The van der Waals surface area contributed by atoms with Gasteiger partial charge in [-0.05, 0) is 18.6 Å². The van der Waals surface area contributed by atoms with E-state index in [1.807, 2.05) is 6.07 Å². The molecule has 0 aliphatic rings. The molecule has 0 aliphatic heterocycles. The van der Waals surface area contributed by atoms with Crippen molar-refractivity contribution < 1.29 is 4.79 Å². The lowest BCUT2D eigenvalue weighted by Crippen LogP contribution is -2.25. The van der Waals surface area contributed by atoms with Crippen molar-refractivity contribution in [1.29, 1.82) is 5.26 Å². The van der Waals surface area contributed by atoms with E-state index in [-0.39, 0.29) is 5.91 Å². The average molecular weight is 231 g/mol. The molecule has 90 valence electrons. The van der Waals surface area contributed by atoms with E-state index in [2.05, 4.69) is 17.2 Å². The van der Waals surface area contributed by atoms with Crippen LogP contribution in [0.25, 0.3) is 0 Å². The standard InChI is InChI=1S/C13H17N3O/c1-2-3-4-5-8-15-13(17)12-7-6-11(9-14)10-16-12/h6-7,10H,2-5,8H2,1H3,(H,15,17). The van der Waals surface area contributed by atoms with Gasteiger partial charge in [-0.25, -0.2) is 4.98 Å². The minimum Gasteiger partial charge on any atom is -0.351 e. The van der Waals surface area contributed by atoms with Gasteiger partial charge in [-0.1, -0.05) is 26.2 Å². The largest absolute Gasteiger partial charge is 0.351 e. The Bertz CT molecular complexity index is 392. The van der Waals surface area contributed by atoms with Crippen LogP contribution in [0.4, 0.5) is 0 Å². The van der Waals surface area contributed by atoms with Gasteiger partial charge in [0.15, 0.2) is 0 Å². The number of nitrogens with zero attached hydrogens (tertiary/aromatic N) is 2. The average Bonchev–Trinajstić information content (AvgIpc) is 2.38. The Morgan fingerprint density at radius 2 is 2.24 bits per heavy atom. The van der Waals surface area contributed by atoms with Crippen molar-refractivity contribution in [1.82, 2.24) is 10.3 Å². The Balaban J connectivity index is 2.34. The second-order valence-electron chi connectivity index (χ2n) is 3.86. The van der Waals surface area contributed by atoms with Crippen LogP contribution in [0.15, 0.2) is 18.3 Å². The number of aromatic nitrogens is 1. The minimum absolute atomic E-state index is 0.175. The van der Waals surface area contributed by atoms with Crippen molar-refractivity contribution in [3.63, 3.8) is 0 Å². The number of nitriles is 1. The molecule has 0 spiro atoms. The Labute approximate surface area is 102 Å². The summed E-state index contributed by atoms with van der Waals surface area (Å²) in [4.78, 5) is 15.6. The molecule has 0 radical (unpaired) electrons. The van der Waals surface area contributed by atoms with Crippen LogP contribution in [0.2, 0.25) is 0 Å². The third-order valence-corrected chi connectivity index (χ3v) is 2.44. The summed E-state index contributed by atoms with van der Waals surface area (Å²) in [5, 5.41) is 11.4. The van der Waals surface area contributed by atoms with Crippen LogP contribution >= 0.6 is 0 Å². The highest BCUT2D eigenvalue weighted by atomic mass is 16.1. The lowest BCUT2D eigenvalue weighted by molar-refractivity contribution is 0.0948. The molecule has 0 unspecified atom stereocenters. The molecule has 0 aliphatic carbocycles. The Morgan fingerprint density at radius 1 is 1.41 bits per heavy atom. The minimum atomic E-state index is -0.175. The van der Waals surface area contributed by atoms with Gasteiger partial charge in [0.2, 0.25) is 0 Å². The van der Waals surface area contributed by atoms with Crippen LogP contribution < -0.4 is 5.32 Å². The zero-order valence-corrected chi connectivity index (χ0v) is 10.1. The summed E-state index contributed by atoms with van der Waals surface area (Å²) in [6.45, 7) is 2.83. The monoisotopic (exact) mass is 231 g/mol. The lowest BCUT2D eigenvalue weighted by atomic mass is 10.2.